The van der Waals surface area contributed by atoms with E-state index in [1.165, 1.54) is 0 Å². The number of carbonyl (C=O) groups excluding carboxylic acids is 2. The standard InChI is InChI=1S/C14H19BrN2O3/c1-9-8-11(15)5-6-12(9)17-14(20)13(19)16-10(2)4-3-7-18/h5-6,8,10,18H,3-4,7H2,1-2H3,(H,16,19)(H,17,20). The van der Waals surface area contributed by atoms with E-state index in [1.807, 2.05) is 13.0 Å². The van der Waals surface area contributed by atoms with Gasteiger partial charge in [0.1, 0.15) is 0 Å². The first-order valence-electron chi connectivity index (χ1n) is 6.43. The first-order chi connectivity index (χ1) is 9.43. The van der Waals surface area contributed by atoms with E-state index in [1.54, 1.807) is 19.1 Å². The van der Waals surface area contributed by atoms with E-state index in [0.29, 0.717) is 18.5 Å². The molecule has 0 aliphatic heterocycles. The van der Waals surface area contributed by atoms with Gasteiger partial charge in [-0.3, -0.25) is 9.59 Å². The quantitative estimate of drug-likeness (QED) is 0.716. The van der Waals surface area contributed by atoms with Gasteiger partial charge >= 0.3 is 11.8 Å². The minimum atomic E-state index is -0.689. The summed E-state index contributed by atoms with van der Waals surface area (Å²) in [6.45, 7) is 3.72. The number of benzene rings is 1. The van der Waals surface area contributed by atoms with E-state index in [4.69, 9.17) is 5.11 Å². The van der Waals surface area contributed by atoms with E-state index < -0.39 is 11.8 Å². The van der Waals surface area contributed by atoms with Gasteiger partial charge < -0.3 is 15.7 Å². The van der Waals surface area contributed by atoms with Crippen LogP contribution in [0.3, 0.4) is 0 Å². The van der Waals surface area contributed by atoms with Crippen LogP contribution < -0.4 is 10.6 Å². The molecule has 1 unspecified atom stereocenters. The summed E-state index contributed by atoms with van der Waals surface area (Å²) < 4.78 is 0.912. The first-order valence-corrected chi connectivity index (χ1v) is 7.22. The second-order valence-electron chi connectivity index (χ2n) is 4.65. The molecule has 0 heterocycles. The molecule has 20 heavy (non-hydrogen) atoms. The summed E-state index contributed by atoms with van der Waals surface area (Å²) in [6.07, 6.45) is 1.22. The Hall–Kier alpha value is -1.40. The number of nitrogens with one attached hydrogen (secondary N) is 2. The van der Waals surface area contributed by atoms with Gasteiger partial charge in [-0.1, -0.05) is 15.9 Å². The molecule has 0 bridgehead atoms. The van der Waals surface area contributed by atoms with Crippen molar-refractivity contribution < 1.29 is 14.7 Å². The highest BCUT2D eigenvalue weighted by Crippen LogP contribution is 2.19. The number of halogens is 1. The minimum Gasteiger partial charge on any atom is -0.396 e. The van der Waals surface area contributed by atoms with Crippen molar-refractivity contribution >= 4 is 33.4 Å². The van der Waals surface area contributed by atoms with Crippen LogP contribution in [-0.4, -0.2) is 29.6 Å². The van der Waals surface area contributed by atoms with Gasteiger partial charge in [0, 0.05) is 22.8 Å². The van der Waals surface area contributed by atoms with Crippen LogP contribution in [0.1, 0.15) is 25.3 Å². The van der Waals surface area contributed by atoms with Crippen LogP contribution in [0.15, 0.2) is 22.7 Å². The number of rotatable bonds is 5. The molecule has 1 aromatic rings. The smallest absolute Gasteiger partial charge is 0.313 e. The van der Waals surface area contributed by atoms with Crippen LogP contribution in [0, 0.1) is 6.92 Å². The Bertz CT molecular complexity index is 491. The molecule has 0 aliphatic rings. The second kappa shape index (κ2) is 8.01. The lowest BCUT2D eigenvalue weighted by atomic mass is 10.2. The summed E-state index contributed by atoms with van der Waals surface area (Å²) in [5.74, 6) is -1.36. The summed E-state index contributed by atoms with van der Waals surface area (Å²) in [7, 11) is 0. The maximum absolute atomic E-state index is 11.8. The average Bonchev–Trinajstić information content (AvgIpc) is 2.39. The van der Waals surface area contributed by atoms with Gasteiger partial charge in [-0.2, -0.15) is 0 Å². The zero-order valence-electron chi connectivity index (χ0n) is 11.6. The number of aryl methyl sites for hydroxylation is 1. The van der Waals surface area contributed by atoms with Crippen LogP contribution in [0.5, 0.6) is 0 Å². The van der Waals surface area contributed by atoms with Gasteiger partial charge in [0.15, 0.2) is 0 Å². The number of carbonyl (C=O) groups is 2. The van der Waals surface area contributed by atoms with Crippen LogP contribution in [-0.2, 0) is 9.59 Å². The molecule has 0 aromatic heterocycles. The Labute approximate surface area is 126 Å². The summed E-state index contributed by atoms with van der Waals surface area (Å²) >= 11 is 3.34. The van der Waals surface area contributed by atoms with Crippen LogP contribution >= 0.6 is 15.9 Å². The van der Waals surface area contributed by atoms with Gasteiger partial charge in [-0.15, -0.1) is 0 Å². The summed E-state index contributed by atoms with van der Waals surface area (Å²) in [5, 5.41) is 13.9. The molecule has 1 atom stereocenters. The lowest BCUT2D eigenvalue weighted by Crippen LogP contribution is -2.40. The van der Waals surface area contributed by atoms with E-state index in [-0.39, 0.29) is 12.6 Å². The molecule has 1 aromatic carbocycles. The van der Waals surface area contributed by atoms with E-state index in [9.17, 15) is 9.59 Å². The highest BCUT2D eigenvalue weighted by Gasteiger charge is 2.16. The first kappa shape index (κ1) is 16.7. The third-order valence-electron chi connectivity index (χ3n) is 2.82. The van der Waals surface area contributed by atoms with Gasteiger partial charge in [-0.25, -0.2) is 0 Å². The maximum atomic E-state index is 11.8. The summed E-state index contributed by atoms with van der Waals surface area (Å²) in [6, 6.07) is 5.24. The fourth-order valence-corrected chi connectivity index (χ4v) is 2.18. The van der Waals surface area contributed by atoms with Crippen molar-refractivity contribution in [1.82, 2.24) is 5.32 Å². The number of anilines is 1. The Morgan fingerprint density at radius 2 is 2.05 bits per heavy atom. The van der Waals surface area contributed by atoms with Crippen molar-refractivity contribution in [2.24, 2.45) is 0 Å². The molecule has 3 N–H and O–H groups in total. The molecule has 0 fully saturated rings. The van der Waals surface area contributed by atoms with Gasteiger partial charge in [0.2, 0.25) is 0 Å². The molecule has 110 valence electrons. The number of aliphatic hydroxyl groups is 1. The number of hydrogen-bond donors (Lipinski definition) is 3. The number of hydrogen-bond acceptors (Lipinski definition) is 3. The number of aliphatic hydroxyl groups excluding tert-OH is 1. The van der Waals surface area contributed by atoms with Crippen molar-refractivity contribution in [3.05, 3.63) is 28.2 Å². The highest BCUT2D eigenvalue weighted by molar-refractivity contribution is 9.10. The Balaban J connectivity index is 2.55. The summed E-state index contributed by atoms with van der Waals surface area (Å²) in [5.41, 5.74) is 1.48. The molecular formula is C14H19BrN2O3. The minimum absolute atomic E-state index is 0.0739. The fourth-order valence-electron chi connectivity index (χ4n) is 1.71. The second-order valence-corrected chi connectivity index (χ2v) is 5.57. The van der Waals surface area contributed by atoms with Crippen molar-refractivity contribution in [3.63, 3.8) is 0 Å². The van der Waals surface area contributed by atoms with Crippen molar-refractivity contribution in [3.8, 4) is 0 Å². The lowest BCUT2D eigenvalue weighted by Gasteiger charge is -2.13. The molecule has 0 saturated heterocycles. The molecule has 2 amide bonds. The molecule has 5 nitrogen and oxygen atoms in total. The maximum Gasteiger partial charge on any atom is 0.313 e. The molecule has 0 aliphatic carbocycles. The third-order valence-corrected chi connectivity index (χ3v) is 3.31. The zero-order valence-corrected chi connectivity index (χ0v) is 13.2. The number of amides is 2. The molecule has 0 spiro atoms. The predicted octanol–water partition coefficient (Wildman–Crippen LogP) is 1.97. The normalized spacial score (nSPS) is 11.8. The SMILES string of the molecule is Cc1cc(Br)ccc1NC(=O)C(=O)NC(C)CCCO. The summed E-state index contributed by atoms with van der Waals surface area (Å²) in [4.78, 5) is 23.5. The monoisotopic (exact) mass is 342 g/mol. The molecule has 6 heteroatoms. The lowest BCUT2D eigenvalue weighted by molar-refractivity contribution is -0.136. The van der Waals surface area contributed by atoms with Crippen LogP contribution in [0.25, 0.3) is 0 Å². The van der Waals surface area contributed by atoms with Crippen LogP contribution in [0.2, 0.25) is 0 Å². The van der Waals surface area contributed by atoms with E-state index in [0.717, 1.165) is 10.0 Å². The van der Waals surface area contributed by atoms with E-state index in [2.05, 4.69) is 26.6 Å². The van der Waals surface area contributed by atoms with Crippen LogP contribution in [0.4, 0.5) is 5.69 Å². The Kier molecular flexibility index (Phi) is 6.67. The van der Waals surface area contributed by atoms with Gasteiger partial charge in [-0.05, 0) is 50.5 Å². The molecule has 0 radical (unpaired) electrons. The van der Waals surface area contributed by atoms with Crippen molar-refractivity contribution in [1.29, 1.82) is 0 Å². The van der Waals surface area contributed by atoms with Gasteiger partial charge in [0.05, 0.1) is 0 Å². The van der Waals surface area contributed by atoms with Gasteiger partial charge in [0.25, 0.3) is 0 Å². The average molecular weight is 343 g/mol. The Morgan fingerprint density at radius 3 is 2.65 bits per heavy atom. The Morgan fingerprint density at radius 1 is 1.35 bits per heavy atom. The third kappa shape index (κ3) is 5.30. The molecular weight excluding hydrogens is 324 g/mol. The van der Waals surface area contributed by atoms with E-state index >= 15 is 0 Å². The van der Waals surface area contributed by atoms with Crippen molar-refractivity contribution in [2.75, 3.05) is 11.9 Å². The molecule has 1 rings (SSSR count). The zero-order chi connectivity index (χ0) is 15.1. The van der Waals surface area contributed by atoms with Crippen molar-refractivity contribution in [2.45, 2.75) is 32.7 Å². The highest BCUT2D eigenvalue weighted by atomic mass is 79.9. The topological polar surface area (TPSA) is 78.4 Å². The predicted molar refractivity (Wildman–Crippen MR) is 81.4 cm³/mol. The largest absolute Gasteiger partial charge is 0.396 e. The molecule has 0 saturated carbocycles. The fraction of sp³-hybridized carbons (Fsp3) is 0.429.